The lowest BCUT2D eigenvalue weighted by Crippen LogP contribution is -2.42. The highest BCUT2D eigenvalue weighted by Crippen LogP contribution is 2.30. The molecule has 1 aliphatic heterocycles. The predicted octanol–water partition coefficient (Wildman–Crippen LogP) is 1.61. The van der Waals surface area contributed by atoms with Gasteiger partial charge in [-0.15, -0.1) is 0 Å². The molecule has 2 atom stereocenters. The van der Waals surface area contributed by atoms with Crippen LogP contribution in [0.25, 0.3) is 0 Å². The molecule has 1 saturated heterocycles. The Morgan fingerprint density at radius 2 is 2.39 bits per heavy atom. The van der Waals surface area contributed by atoms with E-state index in [9.17, 15) is 9.50 Å². The number of benzene rings is 1. The van der Waals surface area contributed by atoms with Gasteiger partial charge in [-0.05, 0) is 13.0 Å². The molecule has 96 valence electrons. The van der Waals surface area contributed by atoms with Gasteiger partial charge in [-0.3, -0.25) is 0 Å². The second kappa shape index (κ2) is 5.34. The number of rotatable bonds is 2. The zero-order valence-electron chi connectivity index (χ0n) is 10.1. The van der Waals surface area contributed by atoms with E-state index in [4.69, 9.17) is 10.00 Å². The number of aliphatic hydroxyl groups is 1. The summed E-state index contributed by atoms with van der Waals surface area (Å²) in [5, 5.41) is 18.6. The minimum Gasteiger partial charge on any atom is -0.389 e. The highest BCUT2D eigenvalue weighted by molar-refractivity contribution is 5.56. The fourth-order valence-electron chi connectivity index (χ4n) is 2.13. The van der Waals surface area contributed by atoms with Crippen LogP contribution in [0.1, 0.15) is 18.6 Å². The molecule has 0 aliphatic carbocycles. The molecule has 2 rings (SSSR count). The van der Waals surface area contributed by atoms with Gasteiger partial charge in [0.1, 0.15) is 5.82 Å². The van der Waals surface area contributed by atoms with Crippen molar-refractivity contribution >= 4 is 5.69 Å². The highest BCUT2D eigenvalue weighted by atomic mass is 19.1. The molecule has 4 nitrogen and oxygen atoms in total. The maximum Gasteiger partial charge on any atom is 0.161 e. The molecule has 1 fully saturated rings. The van der Waals surface area contributed by atoms with Gasteiger partial charge in [0.15, 0.2) is 6.10 Å². The third kappa shape index (κ3) is 2.45. The number of para-hydroxylation sites is 1. The molecule has 0 aromatic heterocycles. The average molecular weight is 250 g/mol. The summed E-state index contributed by atoms with van der Waals surface area (Å²) in [6, 6.07) is 6.65. The van der Waals surface area contributed by atoms with Gasteiger partial charge >= 0.3 is 0 Å². The van der Waals surface area contributed by atoms with Crippen LogP contribution in [0.3, 0.4) is 0 Å². The zero-order chi connectivity index (χ0) is 13.1. The van der Waals surface area contributed by atoms with E-state index in [1.165, 1.54) is 6.07 Å². The first-order valence-corrected chi connectivity index (χ1v) is 5.86. The number of hydrogen-bond acceptors (Lipinski definition) is 4. The smallest absolute Gasteiger partial charge is 0.161 e. The van der Waals surface area contributed by atoms with Gasteiger partial charge in [0.05, 0.1) is 31.0 Å². The number of anilines is 1. The lowest BCUT2D eigenvalue weighted by atomic mass is 10.1. The second-order valence-electron chi connectivity index (χ2n) is 4.29. The largest absolute Gasteiger partial charge is 0.389 e. The molecule has 0 spiro atoms. The Labute approximate surface area is 105 Å². The highest BCUT2D eigenvalue weighted by Gasteiger charge is 2.25. The van der Waals surface area contributed by atoms with Crippen LogP contribution in [-0.4, -0.2) is 30.9 Å². The van der Waals surface area contributed by atoms with Crippen molar-refractivity contribution in [3.05, 3.63) is 29.6 Å². The van der Waals surface area contributed by atoms with E-state index in [1.54, 1.807) is 24.0 Å². The molecule has 1 heterocycles. The van der Waals surface area contributed by atoms with E-state index in [0.717, 1.165) is 0 Å². The Hall–Kier alpha value is -1.64. The van der Waals surface area contributed by atoms with Crippen molar-refractivity contribution < 1.29 is 14.2 Å². The predicted molar refractivity (Wildman–Crippen MR) is 64.6 cm³/mol. The molecule has 5 heteroatoms. The van der Waals surface area contributed by atoms with Gasteiger partial charge in [-0.25, -0.2) is 4.39 Å². The normalized spacial score (nSPS) is 21.4. The standard InChI is InChI=1S/C13H15FN2O2/c1-9(17)11-3-2-4-12(14)13(11)16-5-6-18-10(7-15)8-16/h2-4,9-10,17H,5-6,8H2,1H3. The first-order chi connectivity index (χ1) is 8.63. The van der Waals surface area contributed by atoms with Crippen LogP contribution >= 0.6 is 0 Å². The molecule has 0 bridgehead atoms. The fraction of sp³-hybridized carbons (Fsp3) is 0.462. The molecule has 1 aromatic rings. The molecule has 1 N–H and O–H groups in total. The van der Waals surface area contributed by atoms with Crippen LogP contribution in [0.4, 0.5) is 10.1 Å². The van der Waals surface area contributed by atoms with Crippen LogP contribution in [-0.2, 0) is 4.74 Å². The third-order valence-corrected chi connectivity index (χ3v) is 2.99. The lowest BCUT2D eigenvalue weighted by molar-refractivity contribution is 0.0758. The van der Waals surface area contributed by atoms with Gasteiger partial charge in [0.25, 0.3) is 0 Å². The molecule has 0 amide bonds. The summed E-state index contributed by atoms with van der Waals surface area (Å²) in [5.41, 5.74) is 0.907. The number of nitrogens with zero attached hydrogens (tertiary/aromatic N) is 2. The maximum absolute atomic E-state index is 13.9. The van der Waals surface area contributed by atoms with Gasteiger partial charge in [0, 0.05) is 12.1 Å². The summed E-state index contributed by atoms with van der Waals surface area (Å²) in [6.45, 7) is 2.81. The van der Waals surface area contributed by atoms with Crippen molar-refractivity contribution in [3.63, 3.8) is 0 Å². The van der Waals surface area contributed by atoms with Crippen molar-refractivity contribution in [3.8, 4) is 6.07 Å². The van der Waals surface area contributed by atoms with Gasteiger partial charge in [0.2, 0.25) is 0 Å². The summed E-state index contributed by atoms with van der Waals surface area (Å²) < 4.78 is 19.2. The summed E-state index contributed by atoms with van der Waals surface area (Å²) >= 11 is 0. The van der Waals surface area contributed by atoms with Gasteiger partial charge < -0.3 is 14.7 Å². The van der Waals surface area contributed by atoms with E-state index in [0.29, 0.717) is 30.9 Å². The van der Waals surface area contributed by atoms with Crippen molar-refractivity contribution in [2.24, 2.45) is 0 Å². The molecule has 1 aromatic carbocycles. The van der Waals surface area contributed by atoms with Crippen molar-refractivity contribution in [2.45, 2.75) is 19.1 Å². The lowest BCUT2D eigenvalue weighted by Gasteiger charge is -2.33. The number of hydrogen-bond donors (Lipinski definition) is 1. The third-order valence-electron chi connectivity index (χ3n) is 2.99. The zero-order valence-corrected chi connectivity index (χ0v) is 10.1. The maximum atomic E-state index is 13.9. The first kappa shape index (κ1) is 12.8. The summed E-state index contributed by atoms with van der Waals surface area (Å²) in [6.07, 6.45) is -1.31. The summed E-state index contributed by atoms with van der Waals surface area (Å²) in [4.78, 5) is 1.76. The average Bonchev–Trinajstić information content (AvgIpc) is 2.38. The Balaban J connectivity index is 2.35. The van der Waals surface area contributed by atoms with Crippen molar-refractivity contribution in [2.75, 3.05) is 24.6 Å². The van der Waals surface area contributed by atoms with Crippen LogP contribution in [0, 0.1) is 17.1 Å². The van der Waals surface area contributed by atoms with Gasteiger partial charge in [-0.2, -0.15) is 5.26 Å². The van der Waals surface area contributed by atoms with E-state index < -0.39 is 12.2 Å². The minimum atomic E-state index is -0.751. The number of nitriles is 1. The Morgan fingerprint density at radius 1 is 1.61 bits per heavy atom. The Morgan fingerprint density at radius 3 is 3.06 bits per heavy atom. The molecular formula is C13H15FN2O2. The topological polar surface area (TPSA) is 56.5 Å². The SMILES string of the molecule is CC(O)c1cccc(F)c1N1CCOC(C#N)C1. The monoisotopic (exact) mass is 250 g/mol. The van der Waals surface area contributed by atoms with E-state index in [-0.39, 0.29) is 5.82 Å². The fourth-order valence-corrected chi connectivity index (χ4v) is 2.13. The molecule has 2 unspecified atom stereocenters. The van der Waals surface area contributed by atoms with Crippen molar-refractivity contribution in [1.82, 2.24) is 0 Å². The minimum absolute atomic E-state index is 0.317. The van der Waals surface area contributed by atoms with Crippen LogP contribution < -0.4 is 4.90 Å². The first-order valence-electron chi connectivity index (χ1n) is 5.86. The Bertz CT molecular complexity index is 471. The molecule has 1 aliphatic rings. The van der Waals surface area contributed by atoms with E-state index in [2.05, 4.69) is 0 Å². The molecule has 18 heavy (non-hydrogen) atoms. The second-order valence-corrected chi connectivity index (χ2v) is 4.29. The number of halogens is 1. The quantitative estimate of drug-likeness (QED) is 0.866. The Kier molecular flexibility index (Phi) is 3.80. The van der Waals surface area contributed by atoms with Gasteiger partial charge in [-0.1, -0.05) is 12.1 Å². The van der Waals surface area contributed by atoms with Crippen LogP contribution in [0.5, 0.6) is 0 Å². The summed E-state index contributed by atoms with van der Waals surface area (Å²) in [5.74, 6) is -0.382. The van der Waals surface area contributed by atoms with Crippen LogP contribution in [0.2, 0.25) is 0 Å². The van der Waals surface area contributed by atoms with Crippen LogP contribution in [0.15, 0.2) is 18.2 Å². The number of aliphatic hydroxyl groups excluding tert-OH is 1. The molecular weight excluding hydrogens is 235 g/mol. The van der Waals surface area contributed by atoms with E-state index >= 15 is 0 Å². The summed E-state index contributed by atoms with van der Waals surface area (Å²) in [7, 11) is 0. The molecule has 0 radical (unpaired) electrons. The van der Waals surface area contributed by atoms with E-state index in [1.807, 2.05) is 6.07 Å². The van der Waals surface area contributed by atoms with Crippen molar-refractivity contribution in [1.29, 1.82) is 5.26 Å². The molecule has 0 saturated carbocycles. The number of morpholine rings is 1. The number of ether oxygens (including phenoxy) is 1.